The normalized spacial score (nSPS) is 28.9. The van der Waals surface area contributed by atoms with Crippen molar-refractivity contribution >= 4 is 11.6 Å². The van der Waals surface area contributed by atoms with E-state index in [1.807, 2.05) is 13.8 Å². The largest absolute Gasteiger partial charge is 0.321 e. The predicted octanol–water partition coefficient (Wildman–Crippen LogP) is 3.06. The van der Waals surface area contributed by atoms with Gasteiger partial charge in [0, 0.05) is 10.6 Å². The van der Waals surface area contributed by atoms with Gasteiger partial charge in [-0.1, -0.05) is 31.5 Å². The Morgan fingerprint density at radius 2 is 2.00 bits per heavy atom. The topological polar surface area (TPSA) is 26.0 Å². The van der Waals surface area contributed by atoms with Crippen molar-refractivity contribution in [3.8, 4) is 0 Å². The molecular formula is C11H13ClFN. The van der Waals surface area contributed by atoms with Crippen LogP contribution in [0.2, 0.25) is 5.02 Å². The van der Waals surface area contributed by atoms with Crippen molar-refractivity contribution in [3.05, 3.63) is 34.6 Å². The molecule has 14 heavy (non-hydrogen) atoms. The van der Waals surface area contributed by atoms with Crippen molar-refractivity contribution in [2.24, 2.45) is 11.1 Å². The van der Waals surface area contributed by atoms with Crippen LogP contribution in [0.15, 0.2) is 18.2 Å². The van der Waals surface area contributed by atoms with Gasteiger partial charge in [0.1, 0.15) is 5.82 Å². The fraction of sp³-hybridized carbons (Fsp3) is 0.455. The van der Waals surface area contributed by atoms with Crippen LogP contribution in [-0.2, 0) is 5.54 Å². The molecule has 1 aromatic rings. The maximum Gasteiger partial charge on any atom is 0.129 e. The summed E-state index contributed by atoms with van der Waals surface area (Å²) in [7, 11) is 0. The summed E-state index contributed by atoms with van der Waals surface area (Å²) in [5, 5.41) is 0.429. The van der Waals surface area contributed by atoms with Crippen LogP contribution in [0.25, 0.3) is 0 Å². The van der Waals surface area contributed by atoms with Crippen molar-refractivity contribution in [1.82, 2.24) is 0 Å². The van der Waals surface area contributed by atoms with E-state index < -0.39 is 5.54 Å². The Balaban J connectivity index is 2.54. The van der Waals surface area contributed by atoms with Crippen molar-refractivity contribution in [3.63, 3.8) is 0 Å². The second-order valence-electron chi connectivity index (χ2n) is 4.63. The molecule has 1 unspecified atom stereocenters. The smallest absolute Gasteiger partial charge is 0.129 e. The molecule has 1 aliphatic rings. The Hall–Kier alpha value is -0.600. The second kappa shape index (κ2) is 2.71. The molecule has 1 saturated carbocycles. The zero-order valence-electron chi connectivity index (χ0n) is 8.27. The van der Waals surface area contributed by atoms with E-state index >= 15 is 0 Å². The fourth-order valence-electron chi connectivity index (χ4n) is 2.00. The number of benzene rings is 1. The molecule has 0 radical (unpaired) electrons. The lowest BCUT2D eigenvalue weighted by Crippen LogP contribution is -2.27. The first-order chi connectivity index (χ1) is 6.38. The maximum atomic E-state index is 13.6. The summed E-state index contributed by atoms with van der Waals surface area (Å²) in [6, 6.07) is 4.69. The first-order valence-electron chi connectivity index (χ1n) is 4.62. The SMILES string of the molecule is CC1(C)CC1(N)c1c(F)cccc1Cl. The van der Waals surface area contributed by atoms with Gasteiger partial charge in [-0.25, -0.2) is 4.39 Å². The maximum absolute atomic E-state index is 13.6. The molecule has 0 bridgehead atoms. The third-order valence-corrected chi connectivity index (χ3v) is 3.53. The molecule has 1 aliphatic carbocycles. The Bertz CT molecular complexity index is 369. The molecule has 0 aromatic heterocycles. The first-order valence-corrected chi connectivity index (χ1v) is 5.00. The molecule has 2 N–H and O–H groups in total. The highest BCUT2D eigenvalue weighted by Crippen LogP contribution is 2.61. The molecule has 0 saturated heterocycles. The Morgan fingerprint density at radius 3 is 2.43 bits per heavy atom. The van der Waals surface area contributed by atoms with Crippen LogP contribution in [0.3, 0.4) is 0 Å². The first kappa shape index (κ1) is 9.94. The van der Waals surface area contributed by atoms with E-state index in [2.05, 4.69) is 0 Å². The van der Waals surface area contributed by atoms with Crippen molar-refractivity contribution in [1.29, 1.82) is 0 Å². The Labute approximate surface area is 88.1 Å². The van der Waals surface area contributed by atoms with Gasteiger partial charge < -0.3 is 5.73 Å². The molecule has 1 fully saturated rings. The van der Waals surface area contributed by atoms with Gasteiger partial charge in [-0.3, -0.25) is 0 Å². The molecule has 0 aliphatic heterocycles. The van der Waals surface area contributed by atoms with E-state index in [-0.39, 0.29) is 11.2 Å². The van der Waals surface area contributed by atoms with Gasteiger partial charge in [0.2, 0.25) is 0 Å². The zero-order valence-corrected chi connectivity index (χ0v) is 9.03. The number of halogens is 2. The zero-order chi connectivity index (χ0) is 10.6. The minimum Gasteiger partial charge on any atom is -0.321 e. The summed E-state index contributed by atoms with van der Waals surface area (Å²) in [4.78, 5) is 0. The molecule has 1 nitrogen and oxygen atoms in total. The Morgan fingerprint density at radius 1 is 1.43 bits per heavy atom. The average molecular weight is 214 g/mol. The summed E-state index contributed by atoms with van der Waals surface area (Å²) < 4.78 is 13.6. The van der Waals surface area contributed by atoms with Crippen LogP contribution in [0.5, 0.6) is 0 Å². The molecule has 0 heterocycles. The number of nitrogens with two attached hydrogens (primary N) is 1. The van der Waals surface area contributed by atoms with Crippen LogP contribution in [-0.4, -0.2) is 0 Å². The van der Waals surface area contributed by atoms with Gasteiger partial charge in [-0.15, -0.1) is 0 Å². The Kier molecular flexibility index (Phi) is 1.92. The van der Waals surface area contributed by atoms with Gasteiger partial charge in [0.15, 0.2) is 0 Å². The summed E-state index contributed by atoms with van der Waals surface area (Å²) in [6.45, 7) is 4.05. The van der Waals surface area contributed by atoms with E-state index in [1.54, 1.807) is 12.1 Å². The second-order valence-corrected chi connectivity index (χ2v) is 5.04. The number of hydrogen-bond donors (Lipinski definition) is 1. The van der Waals surface area contributed by atoms with Crippen LogP contribution in [0.4, 0.5) is 4.39 Å². The van der Waals surface area contributed by atoms with Gasteiger partial charge >= 0.3 is 0 Å². The molecular weight excluding hydrogens is 201 g/mol. The minimum absolute atomic E-state index is 0.0567. The highest BCUT2D eigenvalue weighted by Gasteiger charge is 2.61. The standard InChI is InChI=1S/C11H13ClFN/c1-10(2)6-11(10,14)9-7(12)4-3-5-8(9)13/h3-5H,6,14H2,1-2H3. The van der Waals surface area contributed by atoms with E-state index in [1.165, 1.54) is 6.07 Å². The third kappa shape index (κ3) is 1.17. The van der Waals surface area contributed by atoms with E-state index in [4.69, 9.17) is 17.3 Å². The highest BCUT2D eigenvalue weighted by molar-refractivity contribution is 6.31. The minimum atomic E-state index is -0.588. The van der Waals surface area contributed by atoms with Crippen LogP contribution < -0.4 is 5.73 Å². The molecule has 0 spiro atoms. The molecule has 0 amide bonds. The lowest BCUT2D eigenvalue weighted by Gasteiger charge is -2.17. The van der Waals surface area contributed by atoms with Crippen LogP contribution in [0.1, 0.15) is 25.8 Å². The van der Waals surface area contributed by atoms with E-state index in [9.17, 15) is 4.39 Å². The van der Waals surface area contributed by atoms with E-state index in [0.717, 1.165) is 6.42 Å². The quantitative estimate of drug-likeness (QED) is 0.763. The lowest BCUT2D eigenvalue weighted by atomic mass is 9.96. The van der Waals surface area contributed by atoms with Gasteiger partial charge in [-0.2, -0.15) is 0 Å². The lowest BCUT2D eigenvalue weighted by molar-refractivity contribution is 0.483. The van der Waals surface area contributed by atoms with Crippen LogP contribution in [0, 0.1) is 11.2 Å². The highest BCUT2D eigenvalue weighted by atomic mass is 35.5. The van der Waals surface area contributed by atoms with Gasteiger partial charge in [-0.05, 0) is 24.0 Å². The molecule has 2 rings (SSSR count). The summed E-state index contributed by atoms with van der Waals surface area (Å²) in [5.74, 6) is -0.300. The molecule has 3 heteroatoms. The third-order valence-electron chi connectivity index (χ3n) is 3.21. The van der Waals surface area contributed by atoms with E-state index in [0.29, 0.717) is 10.6 Å². The summed E-state index contributed by atoms with van der Waals surface area (Å²) in [6.07, 6.45) is 0.778. The molecule has 76 valence electrons. The van der Waals surface area contributed by atoms with Crippen molar-refractivity contribution in [2.45, 2.75) is 25.8 Å². The summed E-state index contributed by atoms with van der Waals surface area (Å²) in [5.41, 5.74) is 5.94. The predicted molar refractivity (Wildman–Crippen MR) is 55.7 cm³/mol. The van der Waals surface area contributed by atoms with Crippen LogP contribution >= 0.6 is 11.6 Å². The van der Waals surface area contributed by atoms with Crippen molar-refractivity contribution in [2.75, 3.05) is 0 Å². The molecule has 1 atom stereocenters. The monoisotopic (exact) mass is 213 g/mol. The number of hydrogen-bond acceptors (Lipinski definition) is 1. The van der Waals surface area contributed by atoms with Gasteiger partial charge in [0.25, 0.3) is 0 Å². The van der Waals surface area contributed by atoms with Crippen molar-refractivity contribution < 1.29 is 4.39 Å². The van der Waals surface area contributed by atoms with Gasteiger partial charge in [0.05, 0.1) is 5.54 Å². The molecule has 1 aromatic carbocycles. The number of rotatable bonds is 1. The fourth-order valence-corrected chi connectivity index (χ4v) is 2.34. The average Bonchev–Trinajstić information content (AvgIpc) is 2.50. The summed E-state index contributed by atoms with van der Waals surface area (Å²) >= 11 is 5.96.